The van der Waals surface area contributed by atoms with Gasteiger partial charge in [0.2, 0.25) is 0 Å². The summed E-state index contributed by atoms with van der Waals surface area (Å²) in [6.45, 7) is 2.96. The monoisotopic (exact) mass is 268 g/mol. The molecule has 0 spiro atoms. The van der Waals surface area contributed by atoms with Crippen molar-refractivity contribution in [3.63, 3.8) is 0 Å². The standard InChI is InChI=1S/C10H14F2O4S/c1-8(2)6-3-4-9(8,7(13)5-6)10(11,12)17(14,15)16/h6H,3-5H2,1-2H3,(H,14,15,16). The molecule has 1 N–H and O–H groups in total. The van der Waals surface area contributed by atoms with Crippen molar-refractivity contribution < 1.29 is 26.5 Å². The van der Waals surface area contributed by atoms with Crippen molar-refractivity contribution >= 4 is 15.9 Å². The van der Waals surface area contributed by atoms with Crippen LogP contribution in [-0.4, -0.2) is 24.0 Å². The fourth-order valence-electron chi connectivity index (χ4n) is 3.58. The summed E-state index contributed by atoms with van der Waals surface area (Å²) in [7, 11) is -5.59. The molecule has 0 heterocycles. The fraction of sp³-hybridized carbons (Fsp3) is 0.900. The molecular weight excluding hydrogens is 254 g/mol. The van der Waals surface area contributed by atoms with E-state index in [0.717, 1.165) is 0 Å². The second-order valence-electron chi connectivity index (χ2n) is 5.48. The first kappa shape index (κ1) is 12.9. The number of ketones is 1. The Hall–Kier alpha value is -0.560. The number of fused-ring (bicyclic) bond motifs is 2. The maximum absolute atomic E-state index is 14.0. The Bertz CT molecular complexity index is 483. The molecule has 2 aliphatic carbocycles. The van der Waals surface area contributed by atoms with Crippen LogP contribution in [0, 0.1) is 16.7 Å². The number of halogens is 2. The molecule has 4 nitrogen and oxygen atoms in total. The molecule has 7 heteroatoms. The summed E-state index contributed by atoms with van der Waals surface area (Å²) in [5, 5.41) is -4.41. The molecule has 2 aliphatic rings. The van der Waals surface area contributed by atoms with Gasteiger partial charge in [0.05, 0.1) is 0 Å². The molecule has 0 radical (unpaired) electrons. The molecular formula is C10H14F2O4S. The third kappa shape index (κ3) is 1.19. The smallest absolute Gasteiger partial charge is 0.299 e. The summed E-state index contributed by atoms with van der Waals surface area (Å²) < 4.78 is 58.6. The number of alkyl halides is 2. The van der Waals surface area contributed by atoms with Gasteiger partial charge in [-0.3, -0.25) is 9.35 Å². The van der Waals surface area contributed by atoms with Gasteiger partial charge >= 0.3 is 15.4 Å². The number of carbonyl (C=O) groups is 1. The zero-order valence-electron chi connectivity index (χ0n) is 9.53. The van der Waals surface area contributed by atoms with Crippen LogP contribution in [0.1, 0.15) is 33.1 Å². The van der Waals surface area contributed by atoms with Crippen molar-refractivity contribution in [2.24, 2.45) is 16.7 Å². The van der Waals surface area contributed by atoms with Gasteiger partial charge in [-0.1, -0.05) is 13.8 Å². The normalized spacial score (nSPS) is 36.5. The van der Waals surface area contributed by atoms with Crippen LogP contribution in [0.5, 0.6) is 0 Å². The Kier molecular flexibility index (Phi) is 2.32. The van der Waals surface area contributed by atoms with Gasteiger partial charge in [0.25, 0.3) is 0 Å². The van der Waals surface area contributed by atoms with Gasteiger partial charge in [0, 0.05) is 6.42 Å². The van der Waals surface area contributed by atoms with E-state index in [4.69, 9.17) is 4.55 Å². The highest BCUT2D eigenvalue weighted by Crippen LogP contribution is 2.70. The SMILES string of the molecule is CC1(C)C2CCC1(C(F)(F)S(=O)(=O)O)C(=O)C2. The van der Waals surface area contributed by atoms with E-state index in [1.807, 2.05) is 0 Å². The molecule has 2 fully saturated rings. The van der Waals surface area contributed by atoms with Crippen molar-refractivity contribution in [2.75, 3.05) is 0 Å². The average molecular weight is 268 g/mol. The van der Waals surface area contributed by atoms with Crippen LogP contribution in [0.2, 0.25) is 0 Å². The molecule has 2 rings (SSSR count). The molecule has 2 unspecified atom stereocenters. The molecule has 0 aromatic carbocycles. The van der Waals surface area contributed by atoms with E-state index in [1.54, 1.807) is 0 Å². The van der Waals surface area contributed by atoms with E-state index in [-0.39, 0.29) is 18.8 Å². The van der Waals surface area contributed by atoms with Gasteiger partial charge in [0.1, 0.15) is 11.2 Å². The van der Waals surface area contributed by atoms with Crippen LogP contribution in [0.3, 0.4) is 0 Å². The van der Waals surface area contributed by atoms with Gasteiger partial charge in [0.15, 0.2) is 0 Å². The number of hydrogen-bond donors (Lipinski definition) is 1. The summed E-state index contributed by atoms with van der Waals surface area (Å²) in [5.41, 5.74) is -3.37. The number of Topliss-reactive ketones (excluding diaryl/α,β-unsaturated/α-hetero) is 1. The van der Waals surface area contributed by atoms with Crippen molar-refractivity contribution in [1.29, 1.82) is 0 Å². The summed E-state index contributed by atoms with van der Waals surface area (Å²) in [5.74, 6) is -0.982. The maximum Gasteiger partial charge on any atom is 0.382 e. The Labute approximate surface area is 98.1 Å². The minimum Gasteiger partial charge on any atom is -0.299 e. The molecule has 2 saturated carbocycles. The van der Waals surface area contributed by atoms with Crippen molar-refractivity contribution in [2.45, 2.75) is 38.4 Å². The van der Waals surface area contributed by atoms with Gasteiger partial charge < -0.3 is 0 Å². The molecule has 0 aliphatic heterocycles. The summed E-state index contributed by atoms with van der Waals surface area (Å²) in [4.78, 5) is 11.8. The molecule has 0 aromatic heterocycles. The van der Waals surface area contributed by atoms with E-state index in [0.29, 0.717) is 6.42 Å². The highest BCUT2D eigenvalue weighted by molar-refractivity contribution is 7.87. The lowest BCUT2D eigenvalue weighted by atomic mass is 9.69. The lowest BCUT2D eigenvalue weighted by Gasteiger charge is -2.40. The third-order valence-electron chi connectivity index (χ3n) is 4.72. The Morgan fingerprint density at radius 2 is 1.94 bits per heavy atom. The fourth-order valence-corrected chi connectivity index (χ4v) is 4.50. The largest absolute Gasteiger partial charge is 0.382 e. The Morgan fingerprint density at radius 1 is 1.41 bits per heavy atom. The maximum atomic E-state index is 14.0. The van der Waals surface area contributed by atoms with Gasteiger partial charge in [-0.05, 0) is 24.2 Å². The highest BCUT2D eigenvalue weighted by atomic mass is 32.2. The third-order valence-corrected chi connectivity index (χ3v) is 5.71. The Balaban J connectivity index is 2.68. The molecule has 98 valence electrons. The summed E-state index contributed by atoms with van der Waals surface area (Å²) in [6, 6.07) is 0. The molecule has 2 atom stereocenters. The van der Waals surface area contributed by atoms with Gasteiger partial charge in [-0.15, -0.1) is 0 Å². The molecule has 2 bridgehead atoms. The molecule has 0 amide bonds. The van der Waals surface area contributed by atoms with Gasteiger partial charge in [-0.2, -0.15) is 17.2 Å². The van der Waals surface area contributed by atoms with E-state index in [1.165, 1.54) is 13.8 Å². The van der Waals surface area contributed by atoms with Crippen molar-refractivity contribution in [3.8, 4) is 0 Å². The van der Waals surface area contributed by atoms with Crippen LogP contribution in [0.25, 0.3) is 0 Å². The van der Waals surface area contributed by atoms with Crippen LogP contribution in [0.4, 0.5) is 8.78 Å². The first-order chi connectivity index (χ1) is 7.48. The van der Waals surface area contributed by atoms with Crippen molar-refractivity contribution in [1.82, 2.24) is 0 Å². The molecule has 0 aromatic rings. The zero-order chi connectivity index (χ0) is 13.3. The predicted octanol–water partition coefficient (Wildman–Crippen LogP) is 1.86. The highest BCUT2D eigenvalue weighted by Gasteiger charge is 2.78. The first-order valence-corrected chi connectivity index (χ1v) is 6.80. The lowest BCUT2D eigenvalue weighted by molar-refractivity contribution is -0.150. The van der Waals surface area contributed by atoms with Crippen LogP contribution >= 0.6 is 0 Å². The van der Waals surface area contributed by atoms with E-state index >= 15 is 0 Å². The topological polar surface area (TPSA) is 71.4 Å². The summed E-state index contributed by atoms with van der Waals surface area (Å²) in [6.07, 6.45) is 0.179. The molecule has 17 heavy (non-hydrogen) atoms. The minimum atomic E-state index is -5.59. The minimum absolute atomic E-state index is 0.0297. The van der Waals surface area contributed by atoms with Crippen LogP contribution in [-0.2, 0) is 14.9 Å². The van der Waals surface area contributed by atoms with Crippen LogP contribution in [0.15, 0.2) is 0 Å². The zero-order valence-corrected chi connectivity index (χ0v) is 10.4. The number of hydrogen-bond acceptors (Lipinski definition) is 3. The van der Waals surface area contributed by atoms with E-state index in [9.17, 15) is 22.0 Å². The first-order valence-electron chi connectivity index (χ1n) is 5.36. The summed E-state index contributed by atoms with van der Waals surface area (Å²) >= 11 is 0. The quantitative estimate of drug-likeness (QED) is 0.776. The van der Waals surface area contributed by atoms with E-state index in [2.05, 4.69) is 0 Å². The second-order valence-corrected chi connectivity index (χ2v) is 6.94. The van der Waals surface area contributed by atoms with Gasteiger partial charge in [-0.25, -0.2) is 0 Å². The molecule has 0 saturated heterocycles. The van der Waals surface area contributed by atoms with Crippen molar-refractivity contribution in [3.05, 3.63) is 0 Å². The average Bonchev–Trinajstić information content (AvgIpc) is 2.48. The lowest BCUT2D eigenvalue weighted by Crippen LogP contribution is -2.55. The number of rotatable bonds is 2. The van der Waals surface area contributed by atoms with Crippen LogP contribution < -0.4 is 0 Å². The van der Waals surface area contributed by atoms with E-state index < -0.39 is 32.0 Å². The second kappa shape index (κ2) is 3.06. The number of carbonyl (C=O) groups excluding carboxylic acids is 1. The predicted molar refractivity (Wildman–Crippen MR) is 55.1 cm³/mol. The Morgan fingerprint density at radius 3 is 2.24 bits per heavy atom.